The Labute approximate surface area is 156 Å². The molecular weight excluding hydrogens is 377 g/mol. The van der Waals surface area contributed by atoms with Crippen LogP contribution < -0.4 is 21.1 Å². The van der Waals surface area contributed by atoms with Crippen molar-refractivity contribution in [1.29, 1.82) is 0 Å². The maximum absolute atomic E-state index is 13.1. The first-order valence-electron chi connectivity index (χ1n) is 8.68. The van der Waals surface area contributed by atoms with Crippen molar-refractivity contribution in [3.63, 3.8) is 0 Å². The fraction of sp³-hybridized carbons (Fsp3) is 0.353. The molecule has 4 rings (SSSR count). The summed E-state index contributed by atoms with van der Waals surface area (Å²) in [5.74, 6) is -0.278. The molecule has 1 saturated heterocycles. The standard InChI is InChI=1S/C17H17F3N6O2/c1-2-26-15-14(23-24-26)13(10-7-21-22-8-10)9-25(16(15)27)11-3-5-12(6-4-11)28-17(18,19)20/h3-6,9-10,21-22H,2,7-8H2,1H3. The summed E-state index contributed by atoms with van der Waals surface area (Å²) in [6, 6.07) is 5.16. The molecule has 0 radical (unpaired) electrons. The predicted molar refractivity (Wildman–Crippen MR) is 94.2 cm³/mol. The van der Waals surface area contributed by atoms with E-state index in [9.17, 15) is 18.0 Å². The molecule has 28 heavy (non-hydrogen) atoms. The van der Waals surface area contributed by atoms with Crippen LogP contribution in [0.1, 0.15) is 18.4 Å². The van der Waals surface area contributed by atoms with Gasteiger partial charge in [-0.1, -0.05) is 5.21 Å². The number of ether oxygens (including phenoxy) is 1. The van der Waals surface area contributed by atoms with E-state index in [-0.39, 0.29) is 17.2 Å². The molecule has 0 aliphatic carbocycles. The van der Waals surface area contributed by atoms with Gasteiger partial charge in [0.2, 0.25) is 0 Å². The van der Waals surface area contributed by atoms with E-state index in [2.05, 4.69) is 25.9 Å². The zero-order valence-corrected chi connectivity index (χ0v) is 14.8. The van der Waals surface area contributed by atoms with E-state index in [4.69, 9.17) is 0 Å². The summed E-state index contributed by atoms with van der Waals surface area (Å²) in [4.78, 5) is 13.1. The van der Waals surface area contributed by atoms with Crippen molar-refractivity contribution in [3.05, 3.63) is 46.4 Å². The lowest BCUT2D eigenvalue weighted by molar-refractivity contribution is -0.274. The summed E-state index contributed by atoms with van der Waals surface area (Å²) < 4.78 is 43.9. The fourth-order valence-electron chi connectivity index (χ4n) is 3.30. The Balaban J connectivity index is 1.84. The Kier molecular flexibility index (Phi) is 4.55. The van der Waals surface area contributed by atoms with Gasteiger partial charge < -0.3 is 4.74 Å². The first-order valence-corrected chi connectivity index (χ1v) is 8.68. The number of hydrogen-bond donors (Lipinski definition) is 2. The number of benzene rings is 1. The Morgan fingerprint density at radius 3 is 2.50 bits per heavy atom. The number of hydrazine groups is 1. The van der Waals surface area contributed by atoms with Crippen LogP contribution in [0.4, 0.5) is 13.2 Å². The molecule has 148 valence electrons. The summed E-state index contributed by atoms with van der Waals surface area (Å²) in [7, 11) is 0. The molecular formula is C17H17F3N6O2. The molecule has 0 atom stereocenters. The van der Waals surface area contributed by atoms with E-state index in [0.717, 1.165) is 5.56 Å². The topological polar surface area (TPSA) is 86.0 Å². The highest BCUT2D eigenvalue weighted by atomic mass is 19.4. The van der Waals surface area contributed by atoms with Crippen LogP contribution >= 0.6 is 0 Å². The van der Waals surface area contributed by atoms with Gasteiger partial charge in [-0.2, -0.15) is 0 Å². The van der Waals surface area contributed by atoms with Gasteiger partial charge in [-0.3, -0.25) is 20.2 Å². The molecule has 1 aromatic carbocycles. The molecule has 1 aliphatic rings. The van der Waals surface area contributed by atoms with Crippen LogP contribution in [0.25, 0.3) is 16.7 Å². The smallest absolute Gasteiger partial charge is 0.406 e. The second-order valence-corrected chi connectivity index (χ2v) is 6.36. The average molecular weight is 394 g/mol. The minimum absolute atomic E-state index is 0.0733. The number of fused-ring (bicyclic) bond motifs is 1. The van der Waals surface area contributed by atoms with Crippen LogP contribution in [-0.4, -0.2) is 39.0 Å². The average Bonchev–Trinajstić information content (AvgIpc) is 3.31. The van der Waals surface area contributed by atoms with Crippen molar-refractivity contribution < 1.29 is 17.9 Å². The van der Waals surface area contributed by atoms with Gasteiger partial charge in [-0.05, 0) is 31.2 Å². The zero-order chi connectivity index (χ0) is 19.9. The zero-order valence-electron chi connectivity index (χ0n) is 14.8. The van der Waals surface area contributed by atoms with Crippen molar-refractivity contribution >= 4 is 11.0 Å². The first-order chi connectivity index (χ1) is 13.4. The molecule has 1 aliphatic heterocycles. The number of hydrogen-bond acceptors (Lipinski definition) is 6. The normalized spacial score (nSPS) is 15.4. The SMILES string of the molecule is CCn1nnc2c(C3CNNC3)cn(-c3ccc(OC(F)(F)F)cc3)c(=O)c21. The van der Waals surface area contributed by atoms with E-state index in [0.29, 0.717) is 36.4 Å². The number of nitrogens with one attached hydrogen (secondary N) is 2. The molecule has 3 aromatic rings. The number of halogens is 3. The van der Waals surface area contributed by atoms with Crippen LogP contribution in [0.15, 0.2) is 35.3 Å². The molecule has 1 fully saturated rings. The van der Waals surface area contributed by atoms with E-state index in [1.54, 1.807) is 6.20 Å². The predicted octanol–water partition coefficient (Wildman–Crippen LogP) is 1.69. The minimum Gasteiger partial charge on any atom is -0.406 e. The molecule has 0 amide bonds. The molecule has 2 N–H and O–H groups in total. The molecule has 2 aromatic heterocycles. The summed E-state index contributed by atoms with van der Waals surface area (Å²) in [6.07, 6.45) is -3.09. The minimum atomic E-state index is -4.77. The Bertz CT molecular complexity index is 1050. The van der Waals surface area contributed by atoms with Crippen molar-refractivity contribution in [1.82, 2.24) is 30.4 Å². The van der Waals surface area contributed by atoms with Gasteiger partial charge in [-0.15, -0.1) is 18.3 Å². The highest BCUT2D eigenvalue weighted by Gasteiger charge is 2.31. The third-order valence-electron chi connectivity index (χ3n) is 4.61. The van der Waals surface area contributed by atoms with Gasteiger partial charge in [-0.25, -0.2) is 4.68 Å². The first kappa shape index (κ1) is 18.4. The van der Waals surface area contributed by atoms with Gasteiger partial charge in [0.15, 0.2) is 5.52 Å². The highest BCUT2D eigenvalue weighted by Crippen LogP contribution is 2.26. The summed E-state index contributed by atoms with van der Waals surface area (Å²) in [5, 5.41) is 8.25. The second kappa shape index (κ2) is 6.91. The van der Waals surface area contributed by atoms with Gasteiger partial charge in [0.1, 0.15) is 11.3 Å². The largest absolute Gasteiger partial charge is 0.573 e. The van der Waals surface area contributed by atoms with Crippen molar-refractivity contribution in [2.75, 3.05) is 13.1 Å². The Hall–Kier alpha value is -2.92. The molecule has 11 heteroatoms. The lowest BCUT2D eigenvalue weighted by Crippen LogP contribution is -2.23. The monoisotopic (exact) mass is 394 g/mol. The van der Waals surface area contributed by atoms with Crippen LogP contribution in [0.5, 0.6) is 5.75 Å². The maximum Gasteiger partial charge on any atom is 0.573 e. The molecule has 0 spiro atoms. The number of nitrogens with zero attached hydrogens (tertiary/aromatic N) is 4. The number of aryl methyl sites for hydroxylation is 1. The molecule has 3 heterocycles. The van der Waals surface area contributed by atoms with E-state index in [1.165, 1.54) is 33.5 Å². The van der Waals surface area contributed by atoms with Crippen LogP contribution in [-0.2, 0) is 6.54 Å². The maximum atomic E-state index is 13.1. The number of alkyl halides is 3. The lowest BCUT2D eigenvalue weighted by atomic mass is 10.0. The van der Waals surface area contributed by atoms with Gasteiger partial charge in [0.05, 0.1) is 0 Å². The van der Waals surface area contributed by atoms with Crippen LogP contribution in [0, 0.1) is 0 Å². The summed E-state index contributed by atoms with van der Waals surface area (Å²) in [6.45, 7) is 3.64. The number of rotatable bonds is 4. The molecule has 0 saturated carbocycles. The van der Waals surface area contributed by atoms with Crippen LogP contribution in [0.3, 0.4) is 0 Å². The van der Waals surface area contributed by atoms with Gasteiger partial charge >= 0.3 is 6.36 Å². The third-order valence-corrected chi connectivity index (χ3v) is 4.61. The van der Waals surface area contributed by atoms with E-state index >= 15 is 0 Å². The lowest BCUT2D eigenvalue weighted by Gasteiger charge is -2.14. The van der Waals surface area contributed by atoms with Crippen molar-refractivity contribution in [3.8, 4) is 11.4 Å². The molecule has 0 bridgehead atoms. The van der Waals surface area contributed by atoms with Crippen LogP contribution in [0.2, 0.25) is 0 Å². The van der Waals surface area contributed by atoms with E-state index < -0.39 is 6.36 Å². The highest BCUT2D eigenvalue weighted by molar-refractivity contribution is 5.78. The second-order valence-electron chi connectivity index (χ2n) is 6.36. The van der Waals surface area contributed by atoms with Gasteiger partial charge in [0, 0.05) is 43.0 Å². The summed E-state index contributed by atoms with van der Waals surface area (Å²) >= 11 is 0. The number of pyridine rings is 1. The fourth-order valence-corrected chi connectivity index (χ4v) is 3.30. The third kappa shape index (κ3) is 3.34. The quantitative estimate of drug-likeness (QED) is 0.701. The van der Waals surface area contributed by atoms with Crippen molar-refractivity contribution in [2.24, 2.45) is 0 Å². The Morgan fingerprint density at radius 2 is 1.89 bits per heavy atom. The van der Waals surface area contributed by atoms with Crippen molar-refractivity contribution in [2.45, 2.75) is 25.7 Å². The summed E-state index contributed by atoms with van der Waals surface area (Å²) in [5.41, 5.74) is 7.91. The molecule has 8 nitrogen and oxygen atoms in total. The number of aromatic nitrogens is 4. The van der Waals surface area contributed by atoms with E-state index in [1.807, 2.05) is 6.92 Å². The Morgan fingerprint density at radius 1 is 1.21 bits per heavy atom. The van der Waals surface area contributed by atoms with Gasteiger partial charge in [0.25, 0.3) is 5.56 Å². The molecule has 0 unspecified atom stereocenters.